The summed E-state index contributed by atoms with van der Waals surface area (Å²) in [5.74, 6) is 1.96. The van der Waals surface area contributed by atoms with Crippen molar-refractivity contribution in [2.75, 3.05) is 0 Å². The number of carbonyl (C=O) groups excluding carboxylic acids is 1. The van der Waals surface area contributed by atoms with Gasteiger partial charge in [-0.2, -0.15) is 0 Å². The van der Waals surface area contributed by atoms with Gasteiger partial charge in [0.15, 0.2) is 5.82 Å². The number of hydrogen-bond donors (Lipinski definition) is 2. The first-order valence-electron chi connectivity index (χ1n) is 9.04. The van der Waals surface area contributed by atoms with Crippen LogP contribution in [-0.2, 0) is 6.54 Å². The lowest BCUT2D eigenvalue weighted by molar-refractivity contribution is 0.0948. The highest BCUT2D eigenvalue weighted by Gasteiger charge is 2.36. The van der Waals surface area contributed by atoms with Gasteiger partial charge in [-0.3, -0.25) is 9.59 Å². The average Bonchev–Trinajstić information content (AvgIpc) is 3.57. The van der Waals surface area contributed by atoms with Gasteiger partial charge in [0.2, 0.25) is 0 Å². The van der Waals surface area contributed by atoms with Crippen LogP contribution in [0.15, 0.2) is 35.1 Å². The van der Waals surface area contributed by atoms with E-state index in [1.807, 2.05) is 24.3 Å². The van der Waals surface area contributed by atoms with Crippen molar-refractivity contribution in [1.82, 2.24) is 25.1 Å². The van der Waals surface area contributed by atoms with Gasteiger partial charge in [0.1, 0.15) is 11.4 Å². The van der Waals surface area contributed by atoms with Crippen LogP contribution in [0.2, 0.25) is 0 Å². The molecule has 1 aromatic carbocycles. The number of H-pyrrole nitrogens is 1. The first-order valence-corrected chi connectivity index (χ1v) is 9.04. The van der Waals surface area contributed by atoms with Crippen molar-refractivity contribution in [2.24, 2.45) is 0 Å². The molecular weight excluding hydrogens is 330 g/mol. The van der Waals surface area contributed by atoms with Gasteiger partial charge < -0.3 is 14.9 Å². The molecule has 2 aliphatic rings. The Hall–Kier alpha value is -2.96. The van der Waals surface area contributed by atoms with Gasteiger partial charge in [0.25, 0.3) is 11.5 Å². The molecule has 2 aromatic heterocycles. The molecule has 2 N–H and O–H groups in total. The Balaban J connectivity index is 1.38. The third-order valence-corrected chi connectivity index (χ3v) is 5.05. The van der Waals surface area contributed by atoms with E-state index in [0.717, 1.165) is 35.4 Å². The number of para-hydroxylation sites is 1. The number of rotatable bonds is 5. The highest BCUT2D eigenvalue weighted by atomic mass is 16.2. The number of aromatic nitrogens is 4. The van der Waals surface area contributed by atoms with Crippen molar-refractivity contribution >= 4 is 16.8 Å². The molecule has 7 heteroatoms. The lowest BCUT2D eigenvalue weighted by atomic mass is 10.1. The van der Waals surface area contributed by atoms with Crippen LogP contribution in [0.1, 0.15) is 59.6 Å². The summed E-state index contributed by atoms with van der Waals surface area (Å²) in [6.45, 7) is 0.279. The smallest absolute Gasteiger partial charge is 0.261 e. The number of nitrogens with zero attached hydrogens (tertiary/aromatic N) is 3. The molecule has 7 nitrogen and oxygen atoms in total. The van der Waals surface area contributed by atoms with Crippen molar-refractivity contribution in [2.45, 2.75) is 44.2 Å². The zero-order valence-electron chi connectivity index (χ0n) is 14.2. The zero-order valence-corrected chi connectivity index (χ0v) is 14.2. The Morgan fingerprint density at radius 1 is 1.19 bits per heavy atom. The van der Waals surface area contributed by atoms with Crippen molar-refractivity contribution in [3.05, 3.63) is 57.9 Å². The maximum atomic E-state index is 12.5. The standard InChI is InChI=1S/C19H19N5O2/c25-18(14-9-12-3-1-2-4-15(12)21-19(14)26)20-10-16-22-23-17(11-5-6-11)24(16)13-7-8-13/h1-4,9,11,13H,5-8,10H2,(H,20,25)(H,21,26). The summed E-state index contributed by atoms with van der Waals surface area (Å²) in [7, 11) is 0. The predicted molar refractivity (Wildman–Crippen MR) is 96.0 cm³/mol. The van der Waals surface area contributed by atoms with E-state index < -0.39 is 5.91 Å². The number of nitrogens with one attached hydrogen (secondary N) is 2. The lowest BCUT2D eigenvalue weighted by Crippen LogP contribution is -2.30. The minimum atomic E-state index is -0.393. The molecule has 0 aliphatic heterocycles. The molecule has 1 amide bonds. The van der Waals surface area contributed by atoms with Crippen LogP contribution in [0.25, 0.3) is 10.9 Å². The van der Waals surface area contributed by atoms with Gasteiger partial charge in [-0.25, -0.2) is 0 Å². The summed E-state index contributed by atoms with van der Waals surface area (Å²) < 4.78 is 2.20. The fourth-order valence-corrected chi connectivity index (χ4v) is 3.38. The van der Waals surface area contributed by atoms with E-state index in [4.69, 9.17) is 0 Å². The maximum absolute atomic E-state index is 12.5. The van der Waals surface area contributed by atoms with E-state index >= 15 is 0 Å². The number of pyridine rings is 1. The SMILES string of the molecule is O=C(NCc1nnc(C2CC2)n1C1CC1)c1cc2ccccc2[nH]c1=O. The largest absolute Gasteiger partial charge is 0.345 e. The molecule has 132 valence electrons. The lowest BCUT2D eigenvalue weighted by Gasteiger charge is -2.09. The van der Waals surface area contributed by atoms with E-state index in [1.54, 1.807) is 6.07 Å². The molecule has 3 aromatic rings. The summed E-state index contributed by atoms with van der Waals surface area (Å²) in [4.78, 5) is 27.5. The Morgan fingerprint density at radius 2 is 2.00 bits per heavy atom. The topological polar surface area (TPSA) is 92.7 Å². The summed E-state index contributed by atoms with van der Waals surface area (Å²) >= 11 is 0. The van der Waals surface area contributed by atoms with Gasteiger partial charge in [0.05, 0.1) is 6.54 Å². The van der Waals surface area contributed by atoms with Crippen LogP contribution in [-0.4, -0.2) is 25.7 Å². The van der Waals surface area contributed by atoms with E-state index in [1.165, 1.54) is 12.8 Å². The number of amides is 1. The second kappa shape index (κ2) is 5.79. The molecular formula is C19H19N5O2. The Morgan fingerprint density at radius 3 is 2.77 bits per heavy atom. The van der Waals surface area contributed by atoms with Crippen LogP contribution >= 0.6 is 0 Å². The van der Waals surface area contributed by atoms with Crippen molar-refractivity contribution in [3.8, 4) is 0 Å². The fourth-order valence-electron chi connectivity index (χ4n) is 3.38. The van der Waals surface area contributed by atoms with Gasteiger partial charge in [0, 0.05) is 17.5 Å². The molecule has 0 unspecified atom stereocenters. The van der Waals surface area contributed by atoms with Crippen molar-refractivity contribution in [3.63, 3.8) is 0 Å². The molecule has 0 saturated heterocycles. The molecule has 2 aliphatic carbocycles. The molecule has 0 bridgehead atoms. The average molecular weight is 349 g/mol. The molecule has 2 saturated carbocycles. The molecule has 2 heterocycles. The van der Waals surface area contributed by atoms with Gasteiger partial charge in [-0.15, -0.1) is 10.2 Å². The molecule has 5 rings (SSSR count). The van der Waals surface area contributed by atoms with E-state index in [9.17, 15) is 9.59 Å². The zero-order chi connectivity index (χ0) is 17.7. The predicted octanol–water partition coefficient (Wildman–Crippen LogP) is 2.26. The number of aromatic amines is 1. The normalized spacial score (nSPS) is 16.8. The monoisotopic (exact) mass is 349 g/mol. The van der Waals surface area contributed by atoms with Crippen LogP contribution in [0.4, 0.5) is 0 Å². The Bertz CT molecular complexity index is 1060. The minimum absolute atomic E-state index is 0.114. The summed E-state index contributed by atoms with van der Waals surface area (Å²) in [6.07, 6.45) is 4.62. The fraction of sp³-hybridized carbons (Fsp3) is 0.368. The first-order chi connectivity index (χ1) is 12.7. The summed E-state index contributed by atoms with van der Waals surface area (Å²) in [5.41, 5.74) is 0.448. The second-order valence-corrected chi connectivity index (χ2v) is 7.13. The van der Waals surface area contributed by atoms with Crippen molar-refractivity contribution in [1.29, 1.82) is 0 Å². The van der Waals surface area contributed by atoms with Gasteiger partial charge in [-0.05, 0) is 43.2 Å². The van der Waals surface area contributed by atoms with Crippen molar-refractivity contribution < 1.29 is 4.79 Å². The number of carbonyl (C=O) groups is 1. The Labute approximate surface area is 149 Å². The van der Waals surface area contributed by atoms with E-state index in [0.29, 0.717) is 12.0 Å². The minimum Gasteiger partial charge on any atom is -0.345 e. The molecule has 0 spiro atoms. The Kier molecular flexibility index (Phi) is 3.41. The third-order valence-electron chi connectivity index (χ3n) is 5.05. The van der Waals surface area contributed by atoms with Crippen LogP contribution in [0, 0.1) is 0 Å². The van der Waals surface area contributed by atoms with Crippen LogP contribution in [0.3, 0.4) is 0 Å². The highest BCUT2D eigenvalue weighted by molar-refractivity contribution is 5.97. The molecule has 0 radical (unpaired) electrons. The number of fused-ring (bicyclic) bond motifs is 1. The molecule has 26 heavy (non-hydrogen) atoms. The number of benzene rings is 1. The van der Waals surface area contributed by atoms with E-state index in [-0.39, 0.29) is 17.7 Å². The number of hydrogen-bond acceptors (Lipinski definition) is 4. The highest BCUT2D eigenvalue weighted by Crippen LogP contribution is 2.44. The van der Waals surface area contributed by atoms with Crippen LogP contribution < -0.4 is 10.9 Å². The third kappa shape index (κ3) is 2.69. The van der Waals surface area contributed by atoms with E-state index in [2.05, 4.69) is 25.1 Å². The van der Waals surface area contributed by atoms with Gasteiger partial charge in [-0.1, -0.05) is 18.2 Å². The van der Waals surface area contributed by atoms with Gasteiger partial charge >= 0.3 is 0 Å². The molecule has 0 atom stereocenters. The quantitative estimate of drug-likeness (QED) is 0.739. The molecule has 2 fully saturated rings. The second-order valence-electron chi connectivity index (χ2n) is 7.13. The first kappa shape index (κ1) is 15.3. The van der Waals surface area contributed by atoms with Crippen LogP contribution in [0.5, 0.6) is 0 Å². The maximum Gasteiger partial charge on any atom is 0.261 e. The summed E-state index contributed by atoms with van der Waals surface area (Å²) in [6, 6.07) is 9.51. The summed E-state index contributed by atoms with van der Waals surface area (Å²) in [5, 5.41) is 12.3.